The molecule has 9 heteroatoms. The Morgan fingerprint density at radius 3 is 3.00 bits per heavy atom. The van der Waals surface area contributed by atoms with Crippen molar-refractivity contribution in [2.45, 2.75) is 26.7 Å². The molecule has 1 aromatic rings. The lowest BCUT2D eigenvalue weighted by Gasteiger charge is -2.35. The van der Waals surface area contributed by atoms with Gasteiger partial charge in [0.25, 0.3) is 0 Å². The lowest BCUT2D eigenvalue weighted by molar-refractivity contribution is -0.136. The molecule has 2 heterocycles. The summed E-state index contributed by atoms with van der Waals surface area (Å²) in [6, 6.07) is 5.23. The van der Waals surface area contributed by atoms with Crippen LogP contribution in [0, 0.1) is 11.8 Å². The number of carbonyl (C=O) groups excluding carboxylic acids is 1. The molecule has 144 valence electrons. The van der Waals surface area contributed by atoms with Crippen molar-refractivity contribution in [2.24, 2.45) is 22.0 Å². The Balaban J connectivity index is 1.69. The minimum absolute atomic E-state index is 0.00220. The van der Waals surface area contributed by atoms with Gasteiger partial charge in [0.1, 0.15) is 5.75 Å². The highest BCUT2D eigenvalue weighted by atomic mass is 32.3. The number of nitrogens with zero attached hydrogens (tertiary/aromatic N) is 2. The Morgan fingerprint density at radius 1 is 1.50 bits per heavy atom. The summed E-state index contributed by atoms with van der Waals surface area (Å²) < 4.78 is 31.7. The summed E-state index contributed by atoms with van der Waals surface area (Å²) in [4.78, 5) is 14.1. The van der Waals surface area contributed by atoms with Crippen molar-refractivity contribution in [1.29, 1.82) is 0 Å². The highest BCUT2D eigenvalue weighted by Crippen LogP contribution is 2.46. The minimum atomic E-state index is -3.31. The van der Waals surface area contributed by atoms with Crippen LogP contribution < -0.4 is 15.2 Å². The normalized spacial score (nSPS) is 22.9. The van der Waals surface area contributed by atoms with Gasteiger partial charge in [0, 0.05) is 24.9 Å². The number of carbonyl (C=O) groups is 1. The third-order valence-corrected chi connectivity index (χ3v) is 5.50. The van der Waals surface area contributed by atoms with Crippen LogP contribution in [0.5, 0.6) is 5.75 Å². The molecule has 0 radical (unpaired) electrons. The first-order valence-electron chi connectivity index (χ1n) is 8.73. The van der Waals surface area contributed by atoms with Gasteiger partial charge in [-0.3, -0.25) is 18.6 Å². The number of anilines is 1. The van der Waals surface area contributed by atoms with Crippen LogP contribution in [0.2, 0.25) is 0 Å². The Hall–Kier alpha value is -1.97. The molecule has 26 heavy (non-hydrogen) atoms. The summed E-state index contributed by atoms with van der Waals surface area (Å²) in [6.07, 6.45) is 1.96. The summed E-state index contributed by atoms with van der Waals surface area (Å²) in [6.45, 7) is 5.78. The van der Waals surface area contributed by atoms with E-state index in [1.54, 1.807) is 18.2 Å². The number of benzene rings is 1. The fourth-order valence-electron chi connectivity index (χ4n) is 3.33. The zero-order valence-electron chi connectivity index (χ0n) is 15.0. The maximum atomic E-state index is 12.2. The molecule has 2 aliphatic heterocycles. The van der Waals surface area contributed by atoms with E-state index < -0.39 is 11.0 Å². The first-order valence-corrected chi connectivity index (χ1v) is 10.2. The zero-order valence-corrected chi connectivity index (χ0v) is 15.8. The number of likely N-dealkylation sites (tertiary alicyclic amines) is 1. The second kappa shape index (κ2) is 7.34. The Kier molecular flexibility index (Phi) is 5.31. The fraction of sp³-hybridized carbons (Fsp3) is 0.529. The third-order valence-electron chi connectivity index (χ3n) is 4.55. The maximum Gasteiger partial charge on any atom is 0.225 e. The van der Waals surface area contributed by atoms with Crippen molar-refractivity contribution in [3.05, 3.63) is 23.8 Å². The van der Waals surface area contributed by atoms with E-state index in [9.17, 15) is 13.9 Å². The van der Waals surface area contributed by atoms with Crippen molar-refractivity contribution in [1.82, 2.24) is 4.90 Å². The quantitative estimate of drug-likeness (QED) is 0.635. The molecule has 2 aliphatic rings. The number of hydrogen-bond acceptors (Lipinski definition) is 7. The van der Waals surface area contributed by atoms with Gasteiger partial charge in [-0.05, 0) is 35.9 Å². The van der Waals surface area contributed by atoms with E-state index in [0.717, 1.165) is 19.4 Å². The monoisotopic (exact) mass is 382 g/mol. The van der Waals surface area contributed by atoms with Crippen LogP contribution in [-0.4, -0.2) is 45.4 Å². The number of piperidine rings is 1. The fourth-order valence-corrected chi connectivity index (χ4v) is 4.20. The molecule has 1 atom stereocenters. The topological polar surface area (TPSA) is 120 Å². The zero-order chi connectivity index (χ0) is 18.9. The van der Waals surface area contributed by atoms with Crippen LogP contribution in [0.1, 0.15) is 32.3 Å². The van der Waals surface area contributed by atoms with E-state index >= 15 is 0 Å². The Morgan fingerprint density at radius 2 is 2.27 bits per heavy atom. The first kappa shape index (κ1) is 18.8. The van der Waals surface area contributed by atoms with E-state index in [-0.39, 0.29) is 23.6 Å². The van der Waals surface area contributed by atoms with Crippen molar-refractivity contribution in [3.8, 4) is 5.75 Å². The second-order valence-corrected chi connectivity index (χ2v) is 8.46. The molecule has 1 fully saturated rings. The van der Waals surface area contributed by atoms with Gasteiger partial charge >= 0.3 is 0 Å². The van der Waals surface area contributed by atoms with E-state index in [1.807, 2.05) is 18.7 Å². The molecular weight excluding hydrogens is 356 g/mol. The van der Waals surface area contributed by atoms with Gasteiger partial charge in [-0.25, -0.2) is 0 Å². The molecule has 0 bridgehead atoms. The van der Waals surface area contributed by atoms with Crippen LogP contribution in [0.15, 0.2) is 22.6 Å². The number of rotatable bonds is 4. The van der Waals surface area contributed by atoms with Crippen LogP contribution in [-0.2, 0) is 4.79 Å². The van der Waals surface area contributed by atoms with E-state index in [1.165, 1.54) is 0 Å². The molecule has 5 N–H and O–H groups in total. The highest BCUT2D eigenvalue weighted by molar-refractivity contribution is 8.24. The summed E-state index contributed by atoms with van der Waals surface area (Å²) in [7, 11) is -3.31. The third kappa shape index (κ3) is 4.05. The molecule has 8 nitrogen and oxygen atoms in total. The number of fused-ring (bicyclic) bond motifs is 1. The number of nitrogens with two attached hydrogens (primary N) is 1. The largest absolute Gasteiger partial charge is 0.492 e. The number of ether oxygens (including phenoxy) is 1. The predicted octanol–water partition coefficient (Wildman–Crippen LogP) is 2.67. The SMILES string of the molecule is CC(C)C(=O)N1CCCC(COc2cccc3c2C(N)=NS(O)(O)N3)C1. The van der Waals surface area contributed by atoms with Crippen LogP contribution in [0.3, 0.4) is 0 Å². The molecule has 0 saturated carbocycles. The van der Waals surface area contributed by atoms with Crippen molar-refractivity contribution in [2.75, 3.05) is 24.4 Å². The van der Waals surface area contributed by atoms with Crippen molar-refractivity contribution < 1.29 is 18.6 Å². The summed E-state index contributed by atoms with van der Waals surface area (Å²) >= 11 is 0. The first-order chi connectivity index (χ1) is 12.3. The lowest BCUT2D eigenvalue weighted by atomic mass is 9.97. The Labute approximate surface area is 155 Å². The van der Waals surface area contributed by atoms with E-state index in [4.69, 9.17) is 10.5 Å². The molecule has 0 aliphatic carbocycles. The number of hydrogen-bond donors (Lipinski definition) is 4. The summed E-state index contributed by atoms with van der Waals surface area (Å²) in [5.41, 5.74) is 6.92. The second-order valence-electron chi connectivity index (χ2n) is 7.03. The van der Waals surface area contributed by atoms with E-state index in [2.05, 4.69) is 9.12 Å². The summed E-state index contributed by atoms with van der Waals surface area (Å²) in [5, 5.41) is 0. The molecule has 0 aromatic heterocycles. The lowest BCUT2D eigenvalue weighted by Crippen LogP contribution is -2.43. The predicted molar refractivity (Wildman–Crippen MR) is 103 cm³/mol. The number of amidine groups is 1. The van der Waals surface area contributed by atoms with E-state index in [0.29, 0.717) is 30.2 Å². The molecule has 0 spiro atoms. The van der Waals surface area contributed by atoms with Crippen molar-refractivity contribution in [3.63, 3.8) is 0 Å². The van der Waals surface area contributed by atoms with Gasteiger partial charge < -0.3 is 15.4 Å². The maximum absolute atomic E-state index is 12.2. The number of amides is 1. The van der Waals surface area contributed by atoms with Crippen LogP contribution in [0.25, 0.3) is 0 Å². The average Bonchev–Trinajstić information content (AvgIpc) is 2.58. The van der Waals surface area contributed by atoms with Crippen LogP contribution >= 0.6 is 11.0 Å². The standard InChI is InChI=1S/C17H26N4O4S/c1-11(2)17(22)21-8-4-5-12(9-21)10-25-14-7-3-6-13-15(14)16(18)20-26(23,24)19-13/h3,6-7,11-12,19,23-24H,4-5,8-10H2,1-2H3,(H2,18,20). The van der Waals surface area contributed by atoms with Gasteiger partial charge in [-0.1, -0.05) is 19.9 Å². The highest BCUT2D eigenvalue weighted by Gasteiger charge is 2.28. The molecule has 1 amide bonds. The van der Waals surface area contributed by atoms with Gasteiger partial charge in [0.2, 0.25) is 5.91 Å². The smallest absolute Gasteiger partial charge is 0.225 e. The average molecular weight is 382 g/mol. The van der Waals surface area contributed by atoms with Crippen LogP contribution in [0.4, 0.5) is 5.69 Å². The number of nitrogens with one attached hydrogen (secondary N) is 1. The Bertz CT molecular complexity index is 723. The van der Waals surface area contributed by atoms with Crippen molar-refractivity contribution >= 4 is 28.4 Å². The molecular formula is C17H26N4O4S. The van der Waals surface area contributed by atoms with Gasteiger partial charge in [-0.15, -0.1) is 4.40 Å². The summed E-state index contributed by atoms with van der Waals surface area (Å²) in [5.74, 6) is 1.00. The van der Waals surface area contributed by atoms with Gasteiger partial charge in [0.15, 0.2) is 5.84 Å². The molecule has 1 saturated heterocycles. The minimum Gasteiger partial charge on any atom is -0.492 e. The van der Waals surface area contributed by atoms with Gasteiger partial charge in [-0.2, -0.15) is 0 Å². The molecule has 1 aromatic carbocycles. The molecule has 3 rings (SSSR count). The molecule has 1 unspecified atom stereocenters. The van der Waals surface area contributed by atoms with Gasteiger partial charge in [0.05, 0.1) is 17.9 Å².